The van der Waals surface area contributed by atoms with Crippen LogP contribution in [0.4, 0.5) is 0 Å². The van der Waals surface area contributed by atoms with Crippen LogP contribution < -0.4 is 0 Å². The Morgan fingerprint density at radius 2 is 0.857 bits per heavy atom. The van der Waals surface area contributed by atoms with E-state index in [1.54, 1.807) is 6.07 Å². The van der Waals surface area contributed by atoms with E-state index in [-0.39, 0.29) is 18.6 Å². The largest absolute Gasteiger partial charge is 0.999 e. The molecular formula is C9HO4V-5. The Morgan fingerprint density at radius 1 is 0.643 bits per heavy atom. The van der Waals surface area contributed by atoms with E-state index in [9.17, 15) is 0 Å². The predicted octanol–water partition coefficient (Wildman–Crippen LogP) is 0.454. The molecule has 14 heavy (non-hydrogen) atoms. The molecule has 1 aromatic rings. The molecule has 1 radical (unpaired) electrons. The first-order valence-corrected chi connectivity index (χ1v) is 2.14. The minimum Gasteiger partial charge on any atom is -0.999 e. The monoisotopic (exact) mass is 224 g/mol. The van der Waals surface area contributed by atoms with Gasteiger partial charge in [-0.25, -0.2) is 0 Å². The Balaban J connectivity index is -0.0000000267. The zero-order valence-electron chi connectivity index (χ0n) is 6.66. The van der Waals surface area contributed by atoms with Gasteiger partial charge in [-0.3, -0.25) is 0 Å². The molecule has 0 fully saturated rings. The third kappa shape index (κ3) is 70.3. The molecule has 0 spiro atoms. The first-order chi connectivity index (χ1) is 6.50. The molecule has 71 valence electrons. The summed E-state index contributed by atoms with van der Waals surface area (Å²) in [7, 11) is 0. The molecule has 0 heterocycles. The van der Waals surface area contributed by atoms with Gasteiger partial charge in [-0.2, -0.15) is 0 Å². The van der Waals surface area contributed by atoms with E-state index in [0.717, 1.165) is 0 Å². The van der Waals surface area contributed by atoms with Crippen molar-refractivity contribution in [2.45, 2.75) is 0 Å². The van der Waals surface area contributed by atoms with Crippen molar-refractivity contribution in [3.63, 3.8) is 0 Å². The standard InChI is InChI=1S/C5H.4CO.V/c1-2-4-5-3-1;4*1-2;/h1H;;;;;/q-5;;;;;. The molecule has 0 aliphatic carbocycles. The third-order valence-corrected chi connectivity index (χ3v) is 0.351. The summed E-state index contributed by atoms with van der Waals surface area (Å²) in [5, 5.41) is 0. The second kappa shape index (κ2) is 93.1. The molecule has 4 nitrogen and oxygen atoms in total. The zero-order chi connectivity index (χ0) is 11.5. The van der Waals surface area contributed by atoms with Crippen molar-refractivity contribution >= 4 is 0 Å². The van der Waals surface area contributed by atoms with Gasteiger partial charge in [0.2, 0.25) is 0 Å². The molecule has 1 aromatic carbocycles. The molecule has 0 saturated heterocycles. The average molecular weight is 224 g/mol. The van der Waals surface area contributed by atoms with Gasteiger partial charge >= 0.3 is 45.2 Å². The van der Waals surface area contributed by atoms with Gasteiger partial charge in [-0.1, -0.05) is 0 Å². The van der Waals surface area contributed by atoms with Crippen molar-refractivity contribution < 1.29 is 37.2 Å². The van der Waals surface area contributed by atoms with E-state index < -0.39 is 0 Å². The van der Waals surface area contributed by atoms with Crippen molar-refractivity contribution in [3.8, 4) is 0 Å². The summed E-state index contributed by atoms with van der Waals surface area (Å²) in [6.45, 7) is 18.0. The fourth-order valence-corrected chi connectivity index (χ4v) is 0.180. The van der Waals surface area contributed by atoms with Crippen molar-refractivity contribution in [1.82, 2.24) is 0 Å². The fourth-order valence-electron chi connectivity index (χ4n) is 0.180. The van der Waals surface area contributed by atoms with Gasteiger partial charge in [0.05, 0.1) is 0 Å². The Labute approximate surface area is 94.4 Å². The molecule has 1 rings (SSSR count). The number of hydrogen-bond acceptors (Lipinski definition) is 0. The van der Waals surface area contributed by atoms with E-state index in [1.165, 1.54) is 0 Å². The van der Waals surface area contributed by atoms with Crippen molar-refractivity contribution in [3.05, 3.63) is 56.9 Å². The van der Waals surface area contributed by atoms with Crippen molar-refractivity contribution in [1.29, 1.82) is 0 Å². The van der Waals surface area contributed by atoms with Gasteiger partial charge < -0.3 is 30.3 Å². The van der Waals surface area contributed by atoms with E-state index in [1.807, 2.05) is 0 Å². The summed E-state index contributed by atoms with van der Waals surface area (Å²) in [5.41, 5.74) is 0. The number of hydrogen-bond donors (Lipinski definition) is 0. The average Bonchev–Trinajstić information content (AvgIpc) is 2.87. The maximum absolute atomic E-state index is 7.50. The summed E-state index contributed by atoms with van der Waals surface area (Å²) < 4.78 is 30.0. The van der Waals surface area contributed by atoms with Crippen LogP contribution in [0.5, 0.6) is 0 Å². The molecule has 5 heteroatoms. The Bertz CT molecular complexity index is 166. The molecule has 0 bridgehead atoms. The molecule has 0 aliphatic rings. The maximum Gasteiger partial charge on any atom is 0 e. The van der Waals surface area contributed by atoms with Crippen LogP contribution in [0.15, 0.2) is 6.07 Å². The van der Waals surface area contributed by atoms with E-state index >= 15 is 0 Å². The normalized spacial score (nSPS) is 3.43. The molecule has 0 aliphatic heterocycles. The summed E-state index contributed by atoms with van der Waals surface area (Å²) in [4.78, 5) is 0. The molecule has 0 N–H and O–H groups in total. The smallest absolute Gasteiger partial charge is 0 e. The van der Waals surface area contributed by atoms with Crippen LogP contribution in [-0.4, -0.2) is 0 Å². The minimum absolute atomic E-state index is 0. The minimum atomic E-state index is 0. The zero-order valence-corrected chi connectivity index (χ0v) is 8.05. The van der Waals surface area contributed by atoms with E-state index in [2.05, 4.69) is 50.9 Å². The van der Waals surface area contributed by atoms with Gasteiger partial charge in [0.15, 0.2) is 0 Å². The van der Waals surface area contributed by atoms with Crippen LogP contribution in [0.1, 0.15) is 0 Å². The molecule has 0 aromatic heterocycles. The fraction of sp³-hybridized carbons (Fsp3) is 0. The quantitative estimate of drug-likeness (QED) is 0.453. The SMILES string of the molecule is [C-]#[O+].[C-]#[O+].[C-]#[O+].[C-]#[O+].[V].[c-]1[c-][c-][cH-][c-]1. The predicted molar refractivity (Wildman–Crippen MR) is 33.1 cm³/mol. The van der Waals surface area contributed by atoms with Crippen LogP contribution in [-0.2, 0) is 37.2 Å². The van der Waals surface area contributed by atoms with Gasteiger partial charge in [-0.05, 0) is 0 Å². The molecular weight excluding hydrogens is 223 g/mol. The summed E-state index contributed by atoms with van der Waals surface area (Å²) in [6.07, 6.45) is 0. The molecule has 0 atom stereocenters. The van der Waals surface area contributed by atoms with Crippen LogP contribution in [0.2, 0.25) is 0 Å². The third-order valence-electron chi connectivity index (χ3n) is 0.351. The summed E-state index contributed by atoms with van der Waals surface area (Å²) in [5.74, 6) is 0. The summed E-state index contributed by atoms with van der Waals surface area (Å²) >= 11 is 0. The van der Waals surface area contributed by atoms with Crippen LogP contribution in [0.3, 0.4) is 0 Å². The van der Waals surface area contributed by atoms with Crippen molar-refractivity contribution in [2.24, 2.45) is 0 Å². The van der Waals surface area contributed by atoms with Gasteiger partial charge in [0.25, 0.3) is 0 Å². The topological polar surface area (TPSA) is 79.6 Å². The Morgan fingerprint density at radius 3 is 0.929 bits per heavy atom. The van der Waals surface area contributed by atoms with Crippen LogP contribution >= 0.6 is 0 Å². The van der Waals surface area contributed by atoms with Gasteiger partial charge in [-0.15, -0.1) is 0 Å². The van der Waals surface area contributed by atoms with E-state index in [4.69, 9.17) is 18.6 Å². The Hall–Kier alpha value is -1.11. The second-order valence-corrected chi connectivity index (χ2v) is 0.683. The molecule has 0 saturated carbocycles. The Kier molecular flexibility index (Phi) is 195. The van der Waals surface area contributed by atoms with E-state index in [0.29, 0.717) is 0 Å². The van der Waals surface area contributed by atoms with Gasteiger partial charge in [0.1, 0.15) is 0 Å². The number of rotatable bonds is 0. The van der Waals surface area contributed by atoms with Crippen molar-refractivity contribution in [2.75, 3.05) is 0 Å². The first kappa shape index (κ1) is 29.3. The first-order valence-electron chi connectivity index (χ1n) is 2.14. The second-order valence-electron chi connectivity index (χ2n) is 0.683. The van der Waals surface area contributed by atoms with Crippen LogP contribution in [0, 0.1) is 50.9 Å². The molecule has 0 amide bonds. The summed E-state index contributed by atoms with van der Waals surface area (Å²) in [6, 6.07) is 12.0. The maximum atomic E-state index is 7.50. The van der Waals surface area contributed by atoms with Gasteiger partial charge in [0, 0.05) is 18.6 Å². The molecule has 0 unspecified atom stereocenters. The van der Waals surface area contributed by atoms with Crippen LogP contribution in [0.25, 0.3) is 0 Å².